The first kappa shape index (κ1) is 19.0. The molecule has 0 heterocycles. The number of hydrogen-bond donors (Lipinski definition) is 3. The van der Waals surface area contributed by atoms with Crippen LogP contribution >= 0.6 is 0 Å². The Morgan fingerprint density at radius 1 is 1.00 bits per heavy atom. The van der Waals surface area contributed by atoms with Gasteiger partial charge >= 0.3 is 5.97 Å². The van der Waals surface area contributed by atoms with Crippen LogP contribution in [0, 0.1) is 0 Å². The van der Waals surface area contributed by atoms with E-state index in [1.165, 1.54) is 12.1 Å². The normalized spacial score (nSPS) is 13.4. The molecule has 136 valence electrons. The number of phenols is 1. The fourth-order valence-electron chi connectivity index (χ4n) is 2.19. The molecule has 25 heavy (non-hydrogen) atoms. The zero-order valence-corrected chi connectivity index (χ0v) is 14.4. The number of rotatable bonds is 8. The first-order chi connectivity index (χ1) is 11.9. The first-order valence-electron chi connectivity index (χ1n) is 8.37. The number of benzene rings is 2. The van der Waals surface area contributed by atoms with Gasteiger partial charge in [0.05, 0.1) is 12.2 Å². The second kappa shape index (κ2) is 8.69. The van der Waals surface area contributed by atoms with Gasteiger partial charge in [0.15, 0.2) is 0 Å². The van der Waals surface area contributed by atoms with Crippen LogP contribution < -0.4 is 4.74 Å². The van der Waals surface area contributed by atoms with Crippen LogP contribution in [0.5, 0.6) is 11.5 Å². The lowest BCUT2D eigenvalue weighted by molar-refractivity contribution is 0.0247. The van der Waals surface area contributed by atoms with Gasteiger partial charge in [-0.3, -0.25) is 0 Å². The highest BCUT2D eigenvalue weighted by Crippen LogP contribution is 2.28. The highest BCUT2D eigenvalue weighted by atomic mass is 16.5. The maximum atomic E-state index is 12.1. The van der Waals surface area contributed by atoms with E-state index in [1.54, 1.807) is 25.1 Å². The van der Waals surface area contributed by atoms with Crippen molar-refractivity contribution >= 4 is 16.7 Å². The Balaban J connectivity index is 2.20. The molecule has 0 radical (unpaired) electrons. The van der Waals surface area contributed by atoms with E-state index in [9.17, 15) is 20.1 Å². The number of carbonyl (C=O) groups is 1. The molecule has 2 aromatic rings. The quantitative estimate of drug-likeness (QED) is 0.635. The number of phenolic OH excluding ortho intramolecular Hbond substituents is 1. The molecular weight excluding hydrogens is 324 g/mol. The summed E-state index contributed by atoms with van der Waals surface area (Å²) >= 11 is 0. The molecule has 0 spiro atoms. The molecule has 0 saturated heterocycles. The van der Waals surface area contributed by atoms with Crippen molar-refractivity contribution < 1.29 is 29.6 Å². The summed E-state index contributed by atoms with van der Waals surface area (Å²) in [5.74, 6) is -0.315. The molecule has 2 rings (SSSR count). The minimum Gasteiger partial charge on any atom is -0.507 e. The molecule has 6 nitrogen and oxygen atoms in total. The monoisotopic (exact) mass is 348 g/mol. The molecule has 0 amide bonds. The molecular formula is C19H24O6. The Kier molecular flexibility index (Phi) is 6.61. The van der Waals surface area contributed by atoms with E-state index in [2.05, 4.69) is 0 Å². The molecule has 0 aromatic heterocycles. The number of aliphatic hydroxyl groups is 2. The molecule has 0 aliphatic heterocycles. The lowest BCUT2D eigenvalue weighted by Gasteiger charge is -2.12. The third kappa shape index (κ3) is 5.08. The predicted octanol–water partition coefficient (Wildman–Crippen LogP) is 2.62. The lowest BCUT2D eigenvalue weighted by atomic mass is 10.1. The second-order valence-corrected chi connectivity index (χ2v) is 5.91. The van der Waals surface area contributed by atoms with Crippen molar-refractivity contribution in [1.82, 2.24) is 0 Å². The standard InChI is InChI=1S/C19H24O6/c1-3-14(20)10-24-16-6-5-12-9-18(22)17(8-13(12)7-16)19(23)25-11-15(21)4-2/h5-9,14-15,20-22H,3-4,10-11H2,1-2H3. The topological polar surface area (TPSA) is 96.2 Å². The molecule has 2 unspecified atom stereocenters. The largest absolute Gasteiger partial charge is 0.507 e. The summed E-state index contributed by atoms with van der Waals surface area (Å²) in [5.41, 5.74) is 0.0292. The van der Waals surface area contributed by atoms with E-state index in [0.717, 1.165) is 5.39 Å². The van der Waals surface area contributed by atoms with Gasteiger partial charge < -0.3 is 24.8 Å². The summed E-state index contributed by atoms with van der Waals surface area (Å²) in [6.07, 6.45) is -0.190. The molecule has 0 saturated carbocycles. The first-order valence-corrected chi connectivity index (χ1v) is 8.37. The highest BCUT2D eigenvalue weighted by molar-refractivity contribution is 5.98. The fourth-order valence-corrected chi connectivity index (χ4v) is 2.19. The van der Waals surface area contributed by atoms with Gasteiger partial charge in [0.2, 0.25) is 0 Å². The van der Waals surface area contributed by atoms with E-state index in [0.29, 0.717) is 24.0 Å². The zero-order chi connectivity index (χ0) is 18.4. The van der Waals surface area contributed by atoms with Crippen LogP contribution in [0.4, 0.5) is 0 Å². The van der Waals surface area contributed by atoms with Gasteiger partial charge in [-0.05, 0) is 47.9 Å². The minimum atomic E-state index is -0.725. The third-order valence-corrected chi connectivity index (χ3v) is 3.94. The minimum absolute atomic E-state index is 0.0292. The zero-order valence-electron chi connectivity index (χ0n) is 14.4. The van der Waals surface area contributed by atoms with Crippen LogP contribution in [0.15, 0.2) is 30.3 Å². The third-order valence-electron chi connectivity index (χ3n) is 3.94. The van der Waals surface area contributed by atoms with Gasteiger partial charge in [0, 0.05) is 0 Å². The predicted molar refractivity (Wildman–Crippen MR) is 94.0 cm³/mol. The number of esters is 1. The van der Waals surface area contributed by atoms with Crippen LogP contribution in [-0.4, -0.2) is 46.7 Å². The van der Waals surface area contributed by atoms with Crippen molar-refractivity contribution in [2.75, 3.05) is 13.2 Å². The van der Waals surface area contributed by atoms with Crippen LogP contribution in [0.3, 0.4) is 0 Å². The Morgan fingerprint density at radius 3 is 2.36 bits per heavy atom. The van der Waals surface area contributed by atoms with Gasteiger partial charge in [0.25, 0.3) is 0 Å². The summed E-state index contributed by atoms with van der Waals surface area (Å²) in [6.45, 7) is 3.71. The van der Waals surface area contributed by atoms with Gasteiger partial charge in [-0.25, -0.2) is 4.79 Å². The van der Waals surface area contributed by atoms with Gasteiger partial charge in [0.1, 0.15) is 30.3 Å². The van der Waals surface area contributed by atoms with Crippen LogP contribution in [-0.2, 0) is 4.74 Å². The van der Waals surface area contributed by atoms with Crippen LogP contribution in [0.2, 0.25) is 0 Å². The Morgan fingerprint density at radius 2 is 1.68 bits per heavy atom. The Labute approximate surface area is 146 Å². The lowest BCUT2D eigenvalue weighted by Crippen LogP contribution is -2.17. The van der Waals surface area contributed by atoms with Crippen LogP contribution in [0.1, 0.15) is 37.0 Å². The Hall–Kier alpha value is -2.31. The van der Waals surface area contributed by atoms with E-state index in [4.69, 9.17) is 9.47 Å². The summed E-state index contributed by atoms with van der Waals surface area (Å²) < 4.78 is 10.6. The van der Waals surface area contributed by atoms with Gasteiger partial charge in [-0.15, -0.1) is 0 Å². The van der Waals surface area contributed by atoms with Crippen molar-refractivity contribution in [1.29, 1.82) is 0 Å². The average molecular weight is 348 g/mol. The van der Waals surface area contributed by atoms with Gasteiger partial charge in [-0.2, -0.15) is 0 Å². The number of aromatic hydroxyl groups is 1. The molecule has 0 aliphatic rings. The van der Waals surface area contributed by atoms with Crippen molar-refractivity contribution in [2.45, 2.75) is 38.9 Å². The summed E-state index contributed by atoms with van der Waals surface area (Å²) in [6, 6.07) is 8.23. The number of carbonyl (C=O) groups excluding carboxylic acids is 1. The van der Waals surface area contributed by atoms with E-state index in [-0.39, 0.29) is 24.5 Å². The number of hydrogen-bond acceptors (Lipinski definition) is 6. The van der Waals surface area contributed by atoms with Crippen molar-refractivity contribution in [3.05, 3.63) is 35.9 Å². The molecule has 2 atom stereocenters. The van der Waals surface area contributed by atoms with Crippen molar-refractivity contribution in [3.63, 3.8) is 0 Å². The summed E-state index contributed by atoms with van der Waals surface area (Å²) in [7, 11) is 0. The number of ether oxygens (including phenoxy) is 2. The van der Waals surface area contributed by atoms with E-state index < -0.39 is 18.2 Å². The molecule has 2 aromatic carbocycles. The molecule has 0 aliphatic carbocycles. The maximum Gasteiger partial charge on any atom is 0.342 e. The van der Waals surface area contributed by atoms with Crippen LogP contribution in [0.25, 0.3) is 10.8 Å². The molecule has 0 bridgehead atoms. The molecule has 6 heteroatoms. The van der Waals surface area contributed by atoms with Gasteiger partial charge in [-0.1, -0.05) is 19.9 Å². The SMILES string of the molecule is CCC(O)COC(=O)c1cc2cc(OCC(O)CC)ccc2cc1O. The second-order valence-electron chi connectivity index (χ2n) is 5.91. The molecule has 0 fully saturated rings. The van der Waals surface area contributed by atoms with E-state index in [1.807, 2.05) is 6.92 Å². The smallest absolute Gasteiger partial charge is 0.342 e. The number of fused-ring (bicyclic) bond motifs is 1. The average Bonchev–Trinajstić information content (AvgIpc) is 2.63. The Bertz CT molecular complexity index is 727. The van der Waals surface area contributed by atoms with E-state index >= 15 is 0 Å². The number of aliphatic hydroxyl groups excluding tert-OH is 2. The fraction of sp³-hybridized carbons (Fsp3) is 0.421. The maximum absolute atomic E-state index is 12.1. The van der Waals surface area contributed by atoms with Crippen molar-refractivity contribution in [2.24, 2.45) is 0 Å². The summed E-state index contributed by atoms with van der Waals surface area (Å²) in [5, 5.41) is 30.5. The van der Waals surface area contributed by atoms with Crippen molar-refractivity contribution in [3.8, 4) is 11.5 Å². The molecule has 3 N–H and O–H groups in total. The summed E-state index contributed by atoms with van der Waals surface area (Å²) in [4.78, 5) is 12.1. The highest BCUT2D eigenvalue weighted by Gasteiger charge is 2.16.